The molecule has 0 aliphatic carbocycles. The maximum absolute atomic E-state index is 11.0. The largest absolute Gasteiger partial charge is 0.294 e. The minimum absolute atomic E-state index is 0.132. The van der Waals surface area contributed by atoms with E-state index in [9.17, 15) is 4.79 Å². The number of hydrogen-bond acceptors (Lipinski definition) is 3. The standard InChI is InChI=1S/C8H11NOS/c1-4-7-8(5(2)10)11-6(3)9-7/h4H2,1-3H3. The van der Waals surface area contributed by atoms with Gasteiger partial charge in [0.1, 0.15) is 0 Å². The number of aryl methyl sites for hydroxylation is 2. The molecule has 0 unspecified atom stereocenters. The van der Waals surface area contributed by atoms with E-state index in [1.807, 2.05) is 13.8 Å². The molecular formula is C8H11NOS. The van der Waals surface area contributed by atoms with Gasteiger partial charge >= 0.3 is 0 Å². The topological polar surface area (TPSA) is 30.0 Å². The summed E-state index contributed by atoms with van der Waals surface area (Å²) in [6.07, 6.45) is 0.846. The van der Waals surface area contributed by atoms with Crippen LogP contribution in [0.2, 0.25) is 0 Å². The Kier molecular flexibility index (Phi) is 2.39. The fourth-order valence-corrected chi connectivity index (χ4v) is 1.89. The van der Waals surface area contributed by atoms with E-state index in [0.717, 1.165) is 22.0 Å². The predicted octanol–water partition coefficient (Wildman–Crippen LogP) is 2.22. The van der Waals surface area contributed by atoms with Crippen molar-refractivity contribution >= 4 is 17.1 Å². The molecule has 1 aromatic rings. The zero-order valence-electron chi connectivity index (χ0n) is 6.97. The molecule has 0 aromatic carbocycles. The van der Waals surface area contributed by atoms with E-state index in [4.69, 9.17) is 0 Å². The van der Waals surface area contributed by atoms with Crippen molar-refractivity contribution in [2.24, 2.45) is 0 Å². The van der Waals surface area contributed by atoms with E-state index >= 15 is 0 Å². The summed E-state index contributed by atoms with van der Waals surface area (Å²) in [6.45, 7) is 5.53. The van der Waals surface area contributed by atoms with Crippen molar-refractivity contribution in [1.29, 1.82) is 0 Å². The lowest BCUT2D eigenvalue weighted by molar-refractivity contribution is 0.102. The molecule has 11 heavy (non-hydrogen) atoms. The highest BCUT2D eigenvalue weighted by Crippen LogP contribution is 2.18. The van der Waals surface area contributed by atoms with Crippen LogP contribution in [0.1, 0.15) is 34.2 Å². The van der Waals surface area contributed by atoms with Crippen LogP contribution in [-0.4, -0.2) is 10.8 Å². The van der Waals surface area contributed by atoms with E-state index < -0.39 is 0 Å². The lowest BCUT2D eigenvalue weighted by Crippen LogP contribution is -1.93. The minimum Gasteiger partial charge on any atom is -0.294 e. The van der Waals surface area contributed by atoms with Gasteiger partial charge in [-0.15, -0.1) is 11.3 Å². The third-order valence-electron chi connectivity index (χ3n) is 1.46. The molecule has 0 amide bonds. The molecule has 0 atom stereocenters. The summed E-state index contributed by atoms with van der Waals surface area (Å²) in [6, 6.07) is 0. The molecule has 3 heteroatoms. The van der Waals surface area contributed by atoms with E-state index in [2.05, 4.69) is 4.98 Å². The number of hydrogen-bond donors (Lipinski definition) is 0. The molecule has 1 heterocycles. The van der Waals surface area contributed by atoms with Crippen LogP contribution in [0.4, 0.5) is 0 Å². The molecule has 1 rings (SSSR count). The van der Waals surface area contributed by atoms with Crippen LogP contribution in [0, 0.1) is 6.92 Å². The lowest BCUT2D eigenvalue weighted by Gasteiger charge is -1.90. The van der Waals surface area contributed by atoms with Gasteiger partial charge in [0.05, 0.1) is 15.6 Å². The molecule has 0 bridgehead atoms. The number of nitrogens with zero attached hydrogens (tertiary/aromatic N) is 1. The highest BCUT2D eigenvalue weighted by Gasteiger charge is 2.10. The van der Waals surface area contributed by atoms with Crippen LogP contribution >= 0.6 is 11.3 Å². The number of Topliss-reactive ketones (excluding diaryl/α,β-unsaturated/α-hetero) is 1. The van der Waals surface area contributed by atoms with Crippen molar-refractivity contribution in [3.8, 4) is 0 Å². The van der Waals surface area contributed by atoms with Gasteiger partial charge in [0.2, 0.25) is 0 Å². The van der Waals surface area contributed by atoms with Crippen LogP contribution in [0.3, 0.4) is 0 Å². The van der Waals surface area contributed by atoms with Crippen molar-refractivity contribution in [3.05, 3.63) is 15.6 Å². The Morgan fingerprint density at radius 3 is 2.64 bits per heavy atom. The lowest BCUT2D eigenvalue weighted by atomic mass is 10.2. The molecule has 60 valence electrons. The zero-order valence-corrected chi connectivity index (χ0v) is 7.79. The van der Waals surface area contributed by atoms with Crippen molar-refractivity contribution in [2.75, 3.05) is 0 Å². The number of ketones is 1. The summed E-state index contributed by atoms with van der Waals surface area (Å²) >= 11 is 1.49. The normalized spacial score (nSPS) is 10.1. The monoisotopic (exact) mass is 169 g/mol. The molecule has 0 saturated carbocycles. The summed E-state index contributed by atoms with van der Waals surface area (Å²) in [5.74, 6) is 0.132. The fourth-order valence-electron chi connectivity index (χ4n) is 0.985. The van der Waals surface area contributed by atoms with Gasteiger partial charge in [0.15, 0.2) is 5.78 Å². The first-order valence-corrected chi connectivity index (χ1v) is 4.44. The summed E-state index contributed by atoms with van der Waals surface area (Å²) in [5, 5.41) is 0.979. The van der Waals surface area contributed by atoms with E-state index in [1.54, 1.807) is 6.92 Å². The zero-order chi connectivity index (χ0) is 8.43. The average molecular weight is 169 g/mol. The second-order valence-electron chi connectivity index (χ2n) is 2.42. The van der Waals surface area contributed by atoms with Crippen LogP contribution in [0.5, 0.6) is 0 Å². The van der Waals surface area contributed by atoms with Gasteiger partial charge in [-0.2, -0.15) is 0 Å². The first-order chi connectivity index (χ1) is 5.15. The van der Waals surface area contributed by atoms with Gasteiger partial charge in [-0.05, 0) is 13.3 Å². The number of aromatic nitrogens is 1. The Morgan fingerprint density at radius 1 is 1.64 bits per heavy atom. The summed E-state index contributed by atoms with van der Waals surface area (Å²) in [7, 11) is 0. The number of carbonyl (C=O) groups is 1. The molecular weight excluding hydrogens is 158 g/mol. The number of rotatable bonds is 2. The summed E-state index contributed by atoms with van der Waals surface area (Å²) in [4.78, 5) is 16.1. The van der Waals surface area contributed by atoms with Crippen molar-refractivity contribution in [1.82, 2.24) is 4.98 Å². The molecule has 2 nitrogen and oxygen atoms in total. The third kappa shape index (κ3) is 1.66. The van der Waals surface area contributed by atoms with Crippen molar-refractivity contribution in [3.63, 3.8) is 0 Å². The average Bonchev–Trinajstić information content (AvgIpc) is 2.30. The Hall–Kier alpha value is -0.700. The molecule has 0 fully saturated rings. The van der Waals surface area contributed by atoms with Gasteiger partial charge in [0, 0.05) is 6.92 Å². The Bertz CT molecular complexity index is 278. The Balaban J connectivity index is 3.12. The molecule has 0 aliphatic heterocycles. The van der Waals surface area contributed by atoms with Gasteiger partial charge in [-0.3, -0.25) is 4.79 Å². The van der Waals surface area contributed by atoms with Crippen LogP contribution in [0.15, 0.2) is 0 Å². The molecule has 0 saturated heterocycles. The molecule has 1 aromatic heterocycles. The summed E-state index contributed by atoms with van der Waals surface area (Å²) in [5.41, 5.74) is 0.944. The van der Waals surface area contributed by atoms with Crippen molar-refractivity contribution < 1.29 is 4.79 Å². The maximum atomic E-state index is 11.0. The number of thiazole rings is 1. The smallest absolute Gasteiger partial charge is 0.171 e. The SMILES string of the molecule is CCc1nc(C)sc1C(C)=O. The second kappa shape index (κ2) is 3.13. The summed E-state index contributed by atoms with van der Waals surface area (Å²) < 4.78 is 0. The molecule has 0 N–H and O–H groups in total. The highest BCUT2D eigenvalue weighted by molar-refractivity contribution is 7.13. The molecule has 0 spiro atoms. The van der Waals surface area contributed by atoms with E-state index in [0.29, 0.717) is 0 Å². The first-order valence-electron chi connectivity index (χ1n) is 3.62. The van der Waals surface area contributed by atoms with Gasteiger partial charge in [-0.25, -0.2) is 4.98 Å². The van der Waals surface area contributed by atoms with Gasteiger partial charge in [0.25, 0.3) is 0 Å². The molecule has 0 aliphatic rings. The Morgan fingerprint density at radius 2 is 2.27 bits per heavy atom. The maximum Gasteiger partial charge on any atom is 0.171 e. The predicted molar refractivity (Wildman–Crippen MR) is 46.2 cm³/mol. The van der Waals surface area contributed by atoms with E-state index in [1.165, 1.54) is 11.3 Å². The second-order valence-corrected chi connectivity index (χ2v) is 3.62. The quantitative estimate of drug-likeness (QED) is 0.635. The Labute approximate surface area is 70.3 Å². The van der Waals surface area contributed by atoms with Crippen LogP contribution in [0.25, 0.3) is 0 Å². The number of carbonyl (C=O) groups excluding carboxylic acids is 1. The third-order valence-corrected chi connectivity index (χ3v) is 2.57. The minimum atomic E-state index is 0.132. The van der Waals surface area contributed by atoms with Crippen LogP contribution in [-0.2, 0) is 6.42 Å². The first kappa shape index (κ1) is 8.40. The van der Waals surface area contributed by atoms with Crippen LogP contribution < -0.4 is 0 Å². The van der Waals surface area contributed by atoms with E-state index in [-0.39, 0.29) is 5.78 Å². The van der Waals surface area contributed by atoms with Gasteiger partial charge < -0.3 is 0 Å². The fraction of sp³-hybridized carbons (Fsp3) is 0.500. The van der Waals surface area contributed by atoms with Crippen molar-refractivity contribution in [2.45, 2.75) is 27.2 Å². The highest BCUT2D eigenvalue weighted by atomic mass is 32.1. The van der Waals surface area contributed by atoms with Gasteiger partial charge in [-0.1, -0.05) is 6.92 Å². The molecule has 0 radical (unpaired) electrons.